The Hall–Kier alpha value is -3.16. The molecule has 0 spiro atoms. The van der Waals surface area contributed by atoms with Crippen molar-refractivity contribution in [2.24, 2.45) is 11.8 Å². The van der Waals surface area contributed by atoms with E-state index in [0.717, 1.165) is 60.8 Å². The van der Waals surface area contributed by atoms with Crippen molar-refractivity contribution < 1.29 is 32.6 Å². The number of aromatic nitrogens is 4. The van der Waals surface area contributed by atoms with Gasteiger partial charge in [-0.3, -0.25) is 9.69 Å². The van der Waals surface area contributed by atoms with Crippen LogP contribution in [0.15, 0.2) is 24.4 Å². The number of alkyl halides is 3. The topological polar surface area (TPSA) is 114 Å². The number of aryl methyl sites for hydroxylation is 1. The molecular formula is C28H33Cl2F3N6O4. The molecule has 234 valence electrons. The van der Waals surface area contributed by atoms with E-state index in [2.05, 4.69) is 16.7 Å². The molecule has 1 aromatic carbocycles. The molecular weight excluding hydrogens is 612 g/mol. The molecule has 5 rings (SSSR count). The Balaban J connectivity index is 0.000000541. The molecule has 1 N–H and O–H groups in total. The van der Waals surface area contributed by atoms with Crippen molar-refractivity contribution in [2.45, 2.75) is 45.8 Å². The van der Waals surface area contributed by atoms with Gasteiger partial charge < -0.3 is 14.7 Å². The second-order valence-electron chi connectivity index (χ2n) is 10.7. The monoisotopic (exact) mass is 644 g/mol. The first-order valence-corrected chi connectivity index (χ1v) is 14.6. The molecule has 0 saturated carbocycles. The highest BCUT2D eigenvalue weighted by Crippen LogP contribution is 2.35. The van der Waals surface area contributed by atoms with Crippen LogP contribution in [0.4, 0.5) is 19.0 Å². The molecule has 2 aliphatic heterocycles. The highest BCUT2D eigenvalue weighted by atomic mass is 35.5. The molecule has 2 atom stereocenters. The number of nitrogens with zero attached hydrogens (tertiary/aromatic N) is 6. The zero-order valence-corrected chi connectivity index (χ0v) is 25.5. The summed E-state index contributed by atoms with van der Waals surface area (Å²) in [5.74, 6) is -0.842. The van der Waals surface area contributed by atoms with Gasteiger partial charge in [0.05, 0.1) is 31.1 Å². The number of anilines is 1. The third-order valence-corrected chi connectivity index (χ3v) is 8.24. The van der Waals surface area contributed by atoms with Gasteiger partial charge in [0.1, 0.15) is 11.3 Å². The third-order valence-electron chi connectivity index (χ3n) is 7.68. The minimum atomic E-state index is -5.08. The lowest BCUT2D eigenvalue weighted by Gasteiger charge is -2.46. The lowest BCUT2D eigenvalue weighted by molar-refractivity contribution is -0.192. The molecule has 2 aliphatic rings. The average molecular weight is 646 g/mol. The molecule has 2 fully saturated rings. The Labute approximate surface area is 256 Å². The van der Waals surface area contributed by atoms with Gasteiger partial charge in [0.25, 0.3) is 0 Å². The summed E-state index contributed by atoms with van der Waals surface area (Å²) in [5, 5.41) is 13.1. The molecule has 0 aliphatic carbocycles. The summed E-state index contributed by atoms with van der Waals surface area (Å²) in [6, 6.07) is 5.41. The number of likely N-dealkylation sites (tertiary alicyclic amines) is 1. The van der Waals surface area contributed by atoms with Crippen LogP contribution in [0, 0.1) is 18.8 Å². The fourth-order valence-electron chi connectivity index (χ4n) is 5.44. The summed E-state index contributed by atoms with van der Waals surface area (Å²) in [6.45, 7) is 10.5. The molecule has 43 heavy (non-hydrogen) atoms. The number of hydrogen-bond acceptors (Lipinski definition) is 8. The van der Waals surface area contributed by atoms with E-state index in [-0.39, 0.29) is 12.0 Å². The van der Waals surface area contributed by atoms with Crippen LogP contribution in [0.3, 0.4) is 0 Å². The number of carbonyl (C=O) groups is 2. The number of rotatable bonds is 7. The summed E-state index contributed by atoms with van der Waals surface area (Å²) >= 11 is 12.6. The van der Waals surface area contributed by atoms with E-state index in [1.165, 1.54) is 6.42 Å². The Morgan fingerprint density at radius 3 is 2.51 bits per heavy atom. The first-order valence-electron chi connectivity index (χ1n) is 13.9. The Bertz CT molecular complexity index is 1460. The lowest BCUT2D eigenvalue weighted by atomic mass is 9.80. The Morgan fingerprint density at radius 1 is 1.19 bits per heavy atom. The minimum absolute atomic E-state index is 0.118. The van der Waals surface area contributed by atoms with Crippen molar-refractivity contribution in [3.63, 3.8) is 0 Å². The second-order valence-corrected chi connectivity index (χ2v) is 11.5. The molecule has 10 nitrogen and oxygen atoms in total. The van der Waals surface area contributed by atoms with Crippen LogP contribution in [0.2, 0.25) is 10.0 Å². The van der Waals surface area contributed by atoms with Crippen LogP contribution in [0.1, 0.15) is 44.0 Å². The average Bonchev–Trinajstić information content (AvgIpc) is 3.23. The first kappa shape index (κ1) is 32.7. The van der Waals surface area contributed by atoms with Crippen molar-refractivity contribution in [3.05, 3.63) is 45.7 Å². The van der Waals surface area contributed by atoms with Gasteiger partial charge in [0.15, 0.2) is 5.65 Å². The number of esters is 1. The number of aliphatic carboxylic acids is 1. The molecule has 3 aromatic rings. The minimum Gasteiger partial charge on any atom is -0.475 e. The van der Waals surface area contributed by atoms with Gasteiger partial charge in [0, 0.05) is 29.7 Å². The van der Waals surface area contributed by atoms with Crippen LogP contribution in [0.25, 0.3) is 11.2 Å². The van der Waals surface area contributed by atoms with Crippen LogP contribution in [0.5, 0.6) is 0 Å². The number of fused-ring (bicyclic) bond motifs is 1. The van der Waals surface area contributed by atoms with Crippen LogP contribution < -0.4 is 4.90 Å². The summed E-state index contributed by atoms with van der Waals surface area (Å²) in [5.41, 5.74) is 3.33. The van der Waals surface area contributed by atoms with E-state index in [1.807, 2.05) is 36.9 Å². The first-order chi connectivity index (χ1) is 20.3. The number of halogens is 5. The van der Waals surface area contributed by atoms with E-state index in [1.54, 1.807) is 6.07 Å². The standard InChI is InChI=1S/C26H32Cl2N6O2.C2HF3O2/c1-4-36-24(35)15-32-9-5-6-18(12-32)19-13-33(14-19)23-11-29-25-16(2)31-34(26(25)30-23)17(3)21-8-7-20(27)10-22(21)28;3-2(4,5)1(6)7/h7-8,10-11,17-19H,4-6,9,12-15H2,1-3H3;(H,6,7)/t17-,18-;/m1./s1. The number of hydrogen-bond donors (Lipinski definition) is 1. The predicted molar refractivity (Wildman–Crippen MR) is 156 cm³/mol. The maximum atomic E-state index is 11.9. The number of piperidine rings is 1. The lowest BCUT2D eigenvalue weighted by Crippen LogP contribution is -2.54. The van der Waals surface area contributed by atoms with E-state index < -0.39 is 12.1 Å². The molecule has 0 radical (unpaired) electrons. The third kappa shape index (κ3) is 7.87. The molecule has 0 unspecified atom stereocenters. The zero-order valence-electron chi connectivity index (χ0n) is 23.9. The normalized spacial score (nSPS) is 18.5. The predicted octanol–water partition coefficient (Wildman–Crippen LogP) is 5.40. The molecule has 0 bridgehead atoms. The van der Waals surface area contributed by atoms with Gasteiger partial charge in [-0.1, -0.05) is 29.3 Å². The van der Waals surface area contributed by atoms with Crippen molar-refractivity contribution in [1.82, 2.24) is 24.6 Å². The van der Waals surface area contributed by atoms with E-state index in [0.29, 0.717) is 35.0 Å². The van der Waals surface area contributed by atoms with Crippen LogP contribution in [-0.4, -0.2) is 87.2 Å². The van der Waals surface area contributed by atoms with Gasteiger partial charge in [-0.2, -0.15) is 18.3 Å². The van der Waals surface area contributed by atoms with Crippen molar-refractivity contribution >= 4 is 52.1 Å². The van der Waals surface area contributed by atoms with Crippen molar-refractivity contribution in [2.75, 3.05) is 44.2 Å². The molecule has 2 saturated heterocycles. The van der Waals surface area contributed by atoms with E-state index >= 15 is 0 Å². The van der Waals surface area contributed by atoms with Gasteiger partial charge in [0.2, 0.25) is 0 Å². The van der Waals surface area contributed by atoms with E-state index in [9.17, 15) is 18.0 Å². The highest BCUT2D eigenvalue weighted by molar-refractivity contribution is 6.35. The molecule has 0 amide bonds. The van der Waals surface area contributed by atoms with Gasteiger partial charge in [-0.05, 0) is 69.7 Å². The number of ether oxygens (including phenoxy) is 1. The van der Waals surface area contributed by atoms with Gasteiger partial charge in [-0.25, -0.2) is 19.4 Å². The smallest absolute Gasteiger partial charge is 0.475 e. The van der Waals surface area contributed by atoms with Crippen molar-refractivity contribution in [1.29, 1.82) is 0 Å². The summed E-state index contributed by atoms with van der Waals surface area (Å²) in [6.07, 6.45) is -0.907. The van der Waals surface area contributed by atoms with E-state index in [4.69, 9.17) is 52.9 Å². The number of benzene rings is 1. The number of carboxylic acid groups (broad SMARTS) is 1. The summed E-state index contributed by atoms with van der Waals surface area (Å²) in [7, 11) is 0. The molecule has 2 aromatic heterocycles. The number of carboxylic acids is 1. The van der Waals surface area contributed by atoms with Gasteiger partial charge >= 0.3 is 18.1 Å². The van der Waals surface area contributed by atoms with Crippen LogP contribution >= 0.6 is 23.2 Å². The quantitative estimate of drug-likeness (QED) is 0.338. The maximum Gasteiger partial charge on any atom is 0.490 e. The fraction of sp³-hybridized carbons (Fsp3) is 0.536. The van der Waals surface area contributed by atoms with Gasteiger partial charge in [-0.15, -0.1) is 0 Å². The SMILES string of the molecule is CCOC(=O)CN1CCC[C@@H](C2CN(c3cnc4c(C)nn([C@H](C)c5ccc(Cl)cc5Cl)c4n3)C2)C1.O=C(O)C(F)(F)F. The van der Waals surface area contributed by atoms with Crippen molar-refractivity contribution in [3.8, 4) is 0 Å². The largest absolute Gasteiger partial charge is 0.490 e. The molecule has 4 heterocycles. The summed E-state index contributed by atoms with van der Waals surface area (Å²) in [4.78, 5) is 35.0. The van der Waals surface area contributed by atoms with Crippen LogP contribution in [-0.2, 0) is 14.3 Å². The zero-order chi connectivity index (χ0) is 31.5. The maximum absolute atomic E-state index is 11.9. The fourth-order valence-corrected chi connectivity index (χ4v) is 6.01. The Morgan fingerprint density at radius 2 is 1.88 bits per heavy atom. The highest BCUT2D eigenvalue weighted by Gasteiger charge is 2.38. The second kappa shape index (κ2) is 13.6. The number of carbonyl (C=O) groups excluding carboxylic acids is 1. The Kier molecular flexibility index (Phi) is 10.4. The molecule has 15 heteroatoms. The summed E-state index contributed by atoms with van der Waals surface area (Å²) < 4.78 is 38.8.